The molecule has 25 heavy (non-hydrogen) atoms. The monoisotopic (exact) mass is 361 g/mol. The van der Waals surface area contributed by atoms with Crippen molar-refractivity contribution >= 4 is 28.5 Å². The number of rotatable bonds is 6. The van der Waals surface area contributed by atoms with Gasteiger partial charge in [0.05, 0.1) is 6.54 Å². The molecule has 3 aromatic rings. The van der Waals surface area contributed by atoms with Gasteiger partial charge in [-0.1, -0.05) is 37.1 Å². The highest BCUT2D eigenvalue weighted by atomic mass is 35.5. The Morgan fingerprint density at radius 2 is 1.92 bits per heavy atom. The number of H-pyrrole nitrogens is 1. The van der Waals surface area contributed by atoms with Crippen molar-refractivity contribution in [1.82, 2.24) is 19.3 Å². The Labute approximate surface area is 149 Å². The van der Waals surface area contributed by atoms with E-state index in [1.54, 1.807) is 19.2 Å². The lowest BCUT2D eigenvalue weighted by molar-refractivity contribution is 0.557. The molecule has 0 spiro atoms. The van der Waals surface area contributed by atoms with Crippen LogP contribution in [0, 0.1) is 0 Å². The predicted molar refractivity (Wildman–Crippen MR) is 99.6 cm³/mol. The van der Waals surface area contributed by atoms with Crippen molar-refractivity contribution in [3.8, 4) is 0 Å². The van der Waals surface area contributed by atoms with Gasteiger partial charge in [0.15, 0.2) is 5.65 Å². The summed E-state index contributed by atoms with van der Waals surface area (Å²) in [6, 6.07) is 7.26. The van der Waals surface area contributed by atoms with Crippen LogP contribution in [0.1, 0.15) is 25.3 Å². The Hall–Kier alpha value is -2.54. The van der Waals surface area contributed by atoms with Crippen molar-refractivity contribution in [2.75, 3.05) is 12.4 Å². The number of unbranched alkanes of at least 4 members (excludes halogenated alkanes) is 1. The zero-order valence-electron chi connectivity index (χ0n) is 14.2. The van der Waals surface area contributed by atoms with E-state index >= 15 is 0 Å². The van der Waals surface area contributed by atoms with Gasteiger partial charge in [-0.2, -0.15) is 5.10 Å². The fourth-order valence-electron chi connectivity index (χ4n) is 2.80. The normalized spacial score (nSPS) is 11.2. The van der Waals surface area contributed by atoms with Crippen LogP contribution in [0.2, 0.25) is 5.02 Å². The lowest BCUT2D eigenvalue weighted by atomic mass is 10.2. The first kappa shape index (κ1) is 17.3. The third kappa shape index (κ3) is 3.19. The van der Waals surface area contributed by atoms with E-state index in [4.69, 9.17) is 11.6 Å². The number of nitrogens with one attached hydrogen (secondary N) is 2. The van der Waals surface area contributed by atoms with Gasteiger partial charge in [0.2, 0.25) is 0 Å². The standard InChI is InChI=1S/C17H20ClN5O2/c1-3-4-9-22-16(24)13-14(19-2)20-21-15(13)23(17(22)25)10-11-5-7-12(18)8-6-11/h5-8H,3-4,9-10H2,1-2H3,(H2,19,20,21). The molecule has 0 aliphatic rings. The molecule has 0 amide bonds. The quantitative estimate of drug-likeness (QED) is 0.706. The summed E-state index contributed by atoms with van der Waals surface area (Å²) in [7, 11) is 1.71. The molecule has 0 radical (unpaired) electrons. The second-order valence-corrected chi connectivity index (χ2v) is 6.29. The molecular weight excluding hydrogens is 342 g/mol. The summed E-state index contributed by atoms with van der Waals surface area (Å²) in [6.45, 7) is 2.72. The Morgan fingerprint density at radius 1 is 1.20 bits per heavy atom. The van der Waals surface area contributed by atoms with E-state index in [9.17, 15) is 9.59 Å². The molecule has 0 aliphatic carbocycles. The molecule has 3 rings (SSSR count). The Morgan fingerprint density at radius 3 is 2.56 bits per heavy atom. The van der Waals surface area contributed by atoms with E-state index in [-0.39, 0.29) is 11.2 Å². The van der Waals surface area contributed by atoms with Crippen LogP contribution in [-0.2, 0) is 13.1 Å². The molecule has 8 heteroatoms. The third-order valence-corrected chi connectivity index (χ3v) is 4.41. The van der Waals surface area contributed by atoms with Crippen LogP contribution in [0.3, 0.4) is 0 Å². The van der Waals surface area contributed by atoms with Crippen molar-refractivity contribution in [2.45, 2.75) is 32.9 Å². The van der Waals surface area contributed by atoms with Crippen LogP contribution in [0.25, 0.3) is 11.0 Å². The van der Waals surface area contributed by atoms with Crippen molar-refractivity contribution in [2.24, 2.45) is 0 Å². The summed E-state index contributed by atoms with van der Waals surface area (Å²) in [4.78, 5) is 25.7. The van der Waals surface area contributed by atoms with Crippen molar-refractivity contribution in [3.63, 3.8) is 0 Å². The van der Waals surface area contributed by atoms with Gasteiger partial charge in [0.1, 0.15) is 11.2 Å². The maximum absolute atomic E-state index is 12.9. The first-order chi connectivity index (χ1) is 12.1. The van der Waals surface area contributed by atoms with E-state index < -0.39 is 0 Å². The van der Waals surface area contributed by atoms with Gasteiger partial charge in [-0.05, 0) is 24.1 Å². The summed E-state index contributed by atoms with van der Waals surface area (Å²) >= 11 is 5.93. The van der Waals surface area contributed by atoms with Crippen molar-refractivity contribution < 1.29 is 0 Å². The highest BCUT2D eigenvalue weighted by molar-refractivity contribution is 6.30. The van der Waals surface area contributed by atoms with Crippen LogP contribution >= 0.6 is 11.6 Å². The summed E-state index contributed by atoms with van der Waals surface area (Å²) in [5, 5.41) is 10.9. The van der Waals surface area contributed by atoms with Crippen LogP contribution in [-0.4, -0.2) is 26.4 Å². The average Bonchev–Trinajstić information content (AvgIpc) is 3.04. The fraction of sp³-hybridized carbons (Fsp3) is 0.353. The van der Waals surface area contributed by atoms with Crippen LogP contribution in [0.5, 0.6) is 0 Å². The number of anilines is 1. The molecule has 2 N–H and O–H groups in total. The van der Waals surface area contributed by atoms with Gasteiger partial charge in [-0.3, -0.25) is 19.0 Å². The van der Waals surface area contributed by atoms with Crippen LogP contribution < -0.4 is 16.6 Å². The first-order valence-electron chi connectivity index (χ1n) is 8.20. The van der Waals surface area contributed by atoms with Gasteiger partial charge in [-0.25, -0.2) is 4.79 Å². The predicted octanol–water partition coefficient (Wildman–Crippen LogP) is 2.43. The molecule has 0 saturated heterocycles. The molecule has 0 bridgehead atoms. The number of halogens is 1. The molecule has 0 saturated carbocycles. The Balaban J connectivity index is 2.22. The fourth-order valence-corrected chi connectivity index (χ4v) is 2.92. The number of aromatic nitrogens is 4. The second kappa shape index (κ2) is 7.14. The second-order valence-electron chi connectivity index (χ2n) is 5.85. The highest BCUT2D eigenvalue weighted by Crippen LogP contribution is 2.16. The minimum Gasteiger partial charge on any atom is -0.373 e. The van der Waals surface area contributed by atoms with E-state index in [1.807, 2.05) is 19.1 Å². The smallest absolute Gasteiger partial charge is 0.333 e. The Kier molecular flexibility index (Phi) is 4.94. The molecular formula is C17H20ClN5O2. The zero-order valence-corrected chi connectivity index (χ0v) is 14.9. The van der Waals surface area contributed by atoms with Gasteiger partial charge >= 0.3 is 5.69 Å². The van der Waals surface area contributed by atoms with Gasteiger partial charge in [0, 0.05) is 18.6 Å². The summed E-state index contributed by atoms with van der Waals surface area (Å²) < 4.78 is 2.81. The van der Waals surface area contributed by atoms with E-state index in [1.165, 1.54) is 9.13 Å². The topological polar surface area (TPSA) is 84.7 Å². The van der Waals surface area contributed by atoms with E-state index in [2.05, 4.69) is 15.5 Å². The third-order valence-electron chi connectivity index (χ3n) is 4.16. The minimum atomic E-state index is -0.352. The number of aromatic amines is 1. The lowest BCUT2D eigenvalue weighted by Gasteiger charge is -2.11. The lowest BCUT2D eigenvalue weighted by Crippen LogP contribution is -2.40. The summed E-state index contributed by atoms with van der Waals surface area (Å²) in [6.07, 6.45) is 1.65. The number of benzene rings is 1. The average molecular weight is 362 g/mol. The maximum atomic E-state index is 12.9. The molecule has 0 atom stereocenters. The molecule has 0 unspecified atom stereocenters. The number of nitrogens with zero attached hydrogens (tertiary/aromatic N) is 3. The molecule has 132 valence electrons. The summed E-state index contributed by atoms with van der Waals surface area (Å²) in [5.41, 5.74) is 0.582. The maximum Gasteiger partial charge on any atom is 0.333 e. The van der Waals surface area contributed by atoms with Crippen molar-refractivity contribution in [3.05, 3.63) is 55.7 Å². The van der Waals surface area contributed by atoms with Gasteiger partial charge in [-0.15, -0.1) is 0 Å². The first-order valence-corrected chi connectivity index (χ1v) is 8.58. The molecule has 2 heterocycles. The number of hydrogen-bond acceptors (Lipinski definition) is 4. The number of fused-ring (bicyclic) bond motifs is 1. The minimum absolute atomic E-state index is 0.312. The Bertz CT molecular complexity index is 1000. The van der Waals surface area contributed by atoms with Crippen LogP contribution in [0.4, 0.5) is 5.82 Å². The number of hydrogen-bond donors (Lipinski definition) is 2. The van der Waals surface area contributed by atoms with E-state index in [0.29, 0.717) is 35.0 Å². The zero-order chi connectivity index (χ0) is 18.0. The van der Waals surface area contributed by atoms with E-state index in [0.717, 1.165) is 18.4 Å². The molecule has 2 aromatic heterocycles. The molecule has 0 fully saturated rings. The van der Waals surface area contributed by atoms with Gasteiger partial charge in [0.25, 0.3) is 5.56 Å². The molecule has 1 aromatic carbocycles. The SMILES string of the molecule is CCCCn1c(=O)c2c(NC)[nH]nc2n(Cc2ccc(Cl)cc2)c1=O. The largest absolute Gasteiger partial charge is 0.373 e. The summed E-state index contributed by atoms with van der Waals surface area (Å²) in [5.74, 6) is 0.509. The van der Waals surface area contributed by atoms with Crippen LogP contribution in [0.15, 0.2) is 33.9 Å². The molecule has 7 nitrogen and oxygen atoms in total. The van der Waals surface area contributed by atoms with Gasteiger partial charge < -0.3 is 5.32 Å². The van der Waals surface area contributed by atoms with Crippen molar-refractivity contribution in [1.29, 1.82) is 0 Å². The molecule has 0 aliphatic heterocycles. The highest BCUT2D eigenvalue weighted by Gasteiger charge is 2.18.